The molecule has 32 heavy (non-hydrogen) atoms. The highest BCUT2D eigenvalue weighted by molar-refractivity contribution is 5.92. The molecule has 4 rings (SSSR count). The summed E-state index contributed by atoms with van der Waals surface area (Å²) >= 11 is 0. The van der Waals surface area contributed by atoms with Crippen molar-refractivity contribution in [2.75, 3.05) is 60.9 Å². The first-order valence-corrected chi connectivity index (χ1v) is 11.5. The van der Waals surface area contributed by atoms with Gasteiger partial charge in [-0.05, 0) is 68.8 Å². The normalized spacial score (nSPS) is 22.5. The second-order valence-electron chi connectivity index (χ2n) is 8.85. The van der Waals surface area contributed by atoms with Crippen molar-refractivity contribution in [1.82, 2.24) is 4.90 Å². The molecule has 2 aliphatic heterocycles. The predicted octanol–water partition coefficient (Wildman–Crippen LogP) is 3.59. The molecule has 2 aromatic carbocycles. The summed E-state index contributed by atoms with van der Waals surface area (Å²) in [5, 5.41) is 3.03. The molecule has 1 N–H and O–H groups in total. The summed E-state index contributed by atoms with van der Waals surface area (Å²) in [5.41, 5.74) is 3.00. The monoisotopic (exact) mass is 440 g/mol. The van der Waals surface area contributed by atoms with Crippen LogP contribution in [0.25, 0.3) is 0 Å². The van der Waals surface area contributed by atoms with E-state index in [0.29, 0.717) is 6.54 Å². The van der Waals surface area contributed by atoms with Crippen LogP contribution < -0.4 is 15.1 Å². The van der Waals surface area contributed by atoms with Crippen LogP contribution in [0.5, 0.6) is 0 Å². The van der Waals surface area contributed by atoms with E-state index in [4.69, 9.17) is 4.74 Å². The number of anilines is 3. The van der Waals surface area contributed by atoms with E-state index in [-0.39, 0.29) is 23.9 Å². The van der Waals surface area contributed by atoms with Crippen LogP contribution in [0.1, 0.15) is 20.3 Å². The van der Waals surface area contributed by atoms with E-state index in [0.717, 1.165) is 62.8 Å². The Hall–Kier alpha value is -2.64. The van der Waals surface area contributed by atoms with Gasteiger partial charge in [0.1, 0.15) is 5.82 Å². The molecule has 2 aliphatic rings. The second kappa shape index (κ2) is 10.3. The largest absolute Gasteiger partial charge is 0.372 e. The minimum atomic E-state index is -0.219. The molecule has 2 unspecified atom stereocenters. The molecular formula is C25H33FN4O2. The number of nitrogens with one attached hydrogen (secondary N) is 1. The van der Waals surface area contributed by atoms with Crippen molar-refractivity contribution >= 4 is 23.0 Å². The molecule has 2 atom stereocenters. The average Bonchev–Trinajstić information content (AvgIpc) is 2.99. The van der Waals surface area contributed by atoms with Crippen molar-refractivity contribution in [2.45, 2.75) is 32.5 Å². The zero-order valence-electron chi connectivity index (χ0n) is 19.0. The first-order valence-electron chi connectivity index (χ1n) is 11.5. The SMILES string of the molecule is CC1CN(c2ccc(NC(=O)CN3CCCN(c4ccc(F)cc4)CC3)cc2)CC(C)O1. The molecule has 7 heteroatoms. The summed E-state index contributed by atoms with van der Waals surface area (Å²) in [4.78, 5) is 19.4. The van der Waals surface area contributed by atoms with Crippen molar-refractivity contribution in [2.24, 2.45) is 0 Å². The number of ether oxygens (including phenoxy) is 1. The molecule has 0 aliphatic carbocycles. The van der Waals surface area contributed by atoms with Crippen LogP contribution in [0.4, 0.5) is 21.5 Å². The molecule has 1 amide bonds. The van der Waals surface area contributed by atoms with Crippen LogP contribution in [-0.2, 0) is 9.53 Å². The molecule has 6 nitrogen and oxygen atoms in total. The quantitative estimate of drug-likeness (QED) is 0.770. The van der Waals surface area contributed by atoms with Gasteiger partial charge in [-0.15, -0.1) is 0 Å². The van der Waals surface area contributed by atoms with Gasteiger partial charge in [0.15, 0.2) is 0 Å². The Morgan fingerprint density at radius 2 is 1.53 bits per heavy atom. The number of hydrogen-bond donors (Lipinski definition) is 1. The van der Waals surface area contributed by atoms with Gasteiger partial charge in [-0.2, -0.15) is 0 Å². The van der Waals surface area contributed by atoms with E-state index in [1.807, 2.05) is 24.3 Å². The Bertz CT molecular complexity index is 880. The van der Waals surface area contributed by atoms with E-state index in [1.54, 1.807) is 0 Å². The summed E-state index contributed by atoms with van der Waals surface area (Å²) in [6.07, 6.45) is 1.40. The van der Waals surface area contributed by atoms with Gasteiger partial charge < -0.3 is 19.9 Å². The minimum absolute atomic E-state index is 0.00148. The molecule has 2 heterocycles. The van der Waals surface area contributed by atoms with Gasteiger partial charge in [-0.3, -0.25) is 9.69 Å². The van der Waals surface area contributed by atoms with Gasteiger partial charge in [0.25, 0.3) is 0 Å². The number of morpholine rings is 1. The van der Waals surface area contributed by atoms with Crippen LogP contribution in [0.15, 0.2) is 48.5 Å². The molecule has 2 fully saturated rings. The standard InChI is InChI=1S/C25H33FN4O2/c1-19-16-30(17-20(2)32-19)24-10-6-22(7-11-24)27-25(31)18-28-12-3-13-29(15-14-28)23-8-4-21(26)5-9-23/h4-11,19-20H,3,12-18H2,1-2H3,(H,27,31). The zero-order chi connectivity index (χ0) is 22.5. The fourth-order valence-electron chi connectivity index (χ4n) is 4.59. The lowest BCUT2D eigenvalue weighted by molar-refractivity contribution is -0.117. The van der Waals surface area contributed by atoms with Crippen LogP contribution in [-0.4, -0.2) is 68.8 Å². The third-order valence-electron chi connectivity index (χ3n) is 6.08. The maximum absolute atomic E-state index is 13.2. The number of nitrogens with zero attached hydrogens (tertiary/aromatic N) is 3. The van der Waals surface area contributed by atoms with Gasteiger partial charge in [0.2, 0.25) is 5.91 Å². The van der Waals surface area contributed by atoms with Crippen molar-refractivity contribution < 1.29 is 13.9 Å². The molecule has 0 radical (unpaired) electrons. The maximum atomic E-state index is 13.2. The van der Waals surface area contributed by atoms with Crippen molar-refractivity contribution in [3.8, 4) is 0 Å². The average molecular weight is 441 g/mol. The van der Waals surface area contributed by atoms with Crippen molar-refractivity contribution in [3.63, 3.8) is 0 Å². The molecule has 2 aromatic rings. The van der Waals surface area contributed by atoms with Crippen LogP contribution in [0, 0.1) is 5.82 Å². The van der Waals surface area contributed by atoms with Crippen molar-refractivity contribution in [1.29, 1.82) is 0 Å². The maximum Gasteiger partial charge on any atom is 0.238 e. The zero-order valence-corrected chi connectivity index (χ0v) is 19.0. The predicted molar refractivity (Wildman–Crippen MR) is 127 cm³/mol. The second-order valence-corrected chi connectivity index (χ2v) is 8.85. The number of halogens is 1. The number of rotatable bonds is 5. The number of carbonyl (C=O) groups is 1. The molecule has 2 saturated heterocycles. The lowest BCUT2D eigenvalue weighted by atomic mass is 10.2. The third-order valence-corrected chi connectivity index (χ3v) is 6.08. The van der Waals surface area contributed by atoms with Gasteiger partial charge in [-0.1, -0.05) is 0 Å². The molecule has 0 spiro atoms. The number of carbonyl (C=O) groups excluding carboxylic acids is 1. The summed E-state index contributed by atoms with van der Waals surface area (Å²) in [7, 11) is 0. The topological polar surface area (TPSA) is 48.1 Å². The summed E-state index contributed by atoms with van der Waals surface area (Å²) in [5.74, 6) is -0.217. The molecule has 0 saturated carbocycles. The smallest absolute Gasteiger partial charge is 0.238 e. The highest BCUT2D eigenvalue weighted by Gasteiger charge is 2.22. The first kappa shape index (κ1) is 22.6. The Balaban J connectivity index is 1.27. The van der Waals surface area contributed by atoms with E-state index >= 15 is 0 Å². The Kier molecular flexibility index (Phi) is 7.27. The van der Waals surface area contributed by atoms with Gasteiger partial charge >= 0.3 is 0 Å². The summed E-state index contributed by atoms with van der Waals surface area (Å²) in [6, 6.07) is 14.7. The lowest BCUT2D eigenvalue weighted by Crippen LogP contribution is -2.45. The van der Waals surface area contributed by atoms with Gasteiger partial charge in [0, 0.05) is 56.3 Å². The fraction of sp³-hybridized carbons (Fsp3) is 0.480. The first-order chi connectivity index (χ1) is 15.5. The van der Waals surface area contributed by atoms with Crippen molar-refractivity contribution in [3.05, 3.63) is 54.3 Å². The molecule has 0 aromatic heterocycles. The summed E-state index contributed by atoms with van der Waals surface area (Å²) < 4.78 is 19.0. The number of hydrogen-bond acceptors (Lipinski definition) is 5. The van der Waals surface area contributed by atoms with Crippen LogP contribution in [0.3, 0.4) is 0 Å². The third kappa shape index (κ3) is 5.99. The van der Waals surface area contributed by atoms with Gasteiger partial charge in [0.05, 0.1) is 18.8 Å². The summed E-state index contributed by atoms with van der Waals surface area (Å²) in [6.45, 7) is 9.72. The molecule has 0 bridgehead atoms. The van der Waals surface area contributed by atoms with E-state index < -0.39 is 0 Å². The van der Waals surface area contributed by atoms with E-state index in [1.165, 1.54) is 12.1 Å². The fourth-order valence-corrected chi connectivity index (χ4v) is 4.59. The van der Waals surface area contributed by atoms with E-state index in [2.05, 4.69) is 46.0 Å². The number of amides is 1. The minimum Gasteiger partial charge on any atom is -0.372 e. The van der Waals surface area contributed by atoms with Gasteiger partial charge in [-0.25, -0.2) is 4.39 Å². The highest BCUT2D eigenvalue weighted by atomic mass is 19.1. The van der Waals surface area contributed by atoms with E-state index in [9.17, 15) is 9.18 Å². The Morgan fingerprint density at radius 3 is 2.22 bits per heavy atom. The highest BCUT2D eigenvalue weighted by Crippen LogP contribution is 2.22. The van der Waals surface area contributed by atoms with Crippen LogP contribution >= 0.6 is 0 Å². The lowest BCUT2D eigenvalue weighted by Gasteiger charge is -2.36. The molecule has 172 valence electrons. The molecular weight excluding hydrogens is 407 g/mol. The van der Waals surface area contributed by atoms with Crippen LogP contribution in [0.2, 0.25) is 0 Å². The Morgan fingerprint density at radius 1 is 0.906 bits per heavy atom. The number of benzene rings is 2. The Labute approximate surface area is 189 Å².